The van der Waals surface area contributed by atoms with Gasteiger partial charge in [0.25, 0.3) is 0 Å². The van der Waals surface area contributed by atoms with Gasteiger partial charge in [-0.3, -0.25) is 0 Å². The van der Waals surface area contributed by atoms with Gasteiger partial charge in [-0.1, -0.05) is 52.0 Å². The first kappa shape index (κ1) is 28.3. The smallest absolute Gasteiger partial charge is 0.338 e. The van der Waals surface area contributed by atoms with Crippen LogP contribution in [0.1, 0.15) is 107 Å². The quantitative estimate of drug-likeness (QED) is 0.150. The van der Waals surface area contributed by atoms with Gasteiger partial charge in [0.05, 0.1) is 18.8 Å². The summed E-state index contributed by atoms with van der Waals surface area (Å²) in [5.41, 5.74) is 0.571. The molecule has 5 heteroatoms. The molecule has 2 aliphatic rings. The number of ether oxygens (including phenoxy) is 3. The average molecular weight is 499 g/mol. The molecule has 0 saturated heterocycles. The summed E-state index contributed by atoms with van der Waals surface area (Å²) >= 11 is 0. The maximum atomic E-state index is 12.7. The molecule has 0 N–H and O–H groups in total. The van der Waals surface area contributed by atoms with E-state index in [4.69, 9.17) is 14.2 Å². The zero-order valence-corrected chi connectivity index (χ0v) is 22.3. The molecule has 1 aromatic rings. The van der Waals surface area contributed by atoms with E-state index in [1.165, 1.54) is 64.2 Å². The van der Waals surface area contributed by atoms with Crippen molar-refractivity contribution in [3.63, 3.8) is 0 Å². The Bertz CT molecular complexity index is 786. The van der Waals surface area contributed by atoms with Crippen molar-refractivity contribution < 1.29 is 23.8 Å². The lowest BCUT2D eigenvalue weighted by molar-refractivity contribution is -0.137. The molecule has 0 aromatic heterocycles. The number of carbonyl (C=O) groups excluding carboxylic acids is 2. The second-order valence-electron chi connectivity index (χ2n) is 10.7. The summed E-state index contributed by atoms with van der Waals surface area (Å²) in [4.78, 5) is 23.6. The first-order chi connectivity index (χ1) is 17.6. The van der Waals surface area contributed by atoms with E-state index < -0.39 is 5.97 Å². The Morgan fingerprint density at radius 3 is 2.14 bits per heavy atom. The Morgan fingerprint density at radius 2 is 1.50 bits per heavy atom. The maximum Gasteiger partial charge on any atom is 0.338 e. The first-order valence-electron chi connectivity index (χ1n) is 14.3. The molecule has 0 radical (unpaired) electrons. The van der Waals surface area contributed by atoms with Crippen molar-refractivity contribution in [2.24, 2.45) is 17.8 Å². The van der Waals surface area contributed by atoms with Gasteiger partial charge in [-0.25, -0.2) is 9.59 Å². The SMILES string of the molecule is C=CC(=O)OCCCCOc1ccc(C(=O)OC2CCC(C3CCC(CCCCC)CC3)CC2)cc1. The van der Waals surface area contributed by atoms with Gasteiger partial charge >= 0.3 is 11.9 Å². The Labute approximate surface area is 218 Å². The van der Waals surface area contributed by atoms with Gasteiger partial charge in [0.2, 0.25) is 0 Å². The summed E-state index contributed by atoms with van der Waals surface area (Å²) in [6, 6.07) is 7.16. The molecule has 36 heavy (non-hydrogen) atoms. The molecule has 1 aromatic carbocycles. The van der Waals surface area contributed by atoms with Crippen molar-refractivity contribution in [3.8, 4) is 5.75 Å². The molecule has 0 spiro atoms. The van der Waals surface area contributed by atoms with Crippen LogP contribution in [-0.4, -0.2) is 31.3 Å². The van der Waals surface area contributed by atoms with Crippen LogP contribution >= 0.6 is 0 Å². The van der Waals surface area contributed by atoms with Gasteiger partial charge in [0, 0.05) is 6.08 Å². The fraction of sp³-hybridized carbons (Fsp3) is 0.677. The van der Waals surface area contributed by atoms with Gasteiger partial charge in [-0.15, -0.1) is 0 Å². The number of hydrogen-bond donors (Lipinski definition) is 0. The van der Waals surface area contributed by atoms with Crippen molar-refractivity contribution >= 4 is 11.9 Å². The van der Waals surface area contributed by atoms with Crippen LogP contribution in [0.25, 0.3) is 0 Å². The van der Waals surface area contributed by atoms with E-state index in [9.17, 15) is 9.59 Å². The maximum absolute atomic E-state index is 12.7. The number of rotatable bonds is 14. The standard InChI is InChI=1S/C31H46O5/c1-3-5-6-9-24-10-12-25(13-11-24)26-14-20-29(21-15-26)36-31(33)27-16-18-28(19-17-27)34-22-7-8-23-35-30(32)4-2/h4,16-19,24-26,29H,2-3,5-15,20-23H2,1H3. The molecule has 0 atom stereocenters. The Hall–Kier alpha value is -2.30. The van der Waals surface area contributed by atoms with Crippen molar-refractivity contribution in [2.45, 2.75) is 103 Å². The van der Waals surface area contributed by atoms with Crippen molar-refractivity contribution in [2.75, 3.05) is 13.2 Å². The van der Waals surface area contributed by atoms with Crippen LogP contribution in [0.3, 0.4) is 0 Å². The average Bonchev–Trinajstić information content (AvgIpc) is 2.92. The second-order valence-corrected chi connectivity index (χ2v) is 10.7. The molecule has 2 saturated carbocycles. The third-order valence-electron chi connectivity index (χ3n) is 8.07. The first-order valence-corrected chi connectivity index (χ1v) is 14.3. The second kappa shape index (κ2) is 15.7. The molecule has 5 nitrogen and oxygen atoms in total. The van der Waals surface area contributed by atoms with Crippen LogP contribution in [0, 0.1) is 17.8 Å². The molecule has 200 valence electrons. The zero-order valence-electron chi connectivity index (χ0n) is 22.3. The molecule has 0 aliphatic heterocycles. The van der Waals surface area contributed by atoms with Gasteiger partial charge < -0.3 is 14.2 Å². The Balaban J connectivity index is 1.29. The lowest BCUT2D eigenvalue weighted by Gasteiger charge is -2.37. The molecule has 3 rings (SSSR count). The molecular weight excluding hydrogens is 452 g/mol. The van der Waals surface area contributed by atoms with E-state index in [1.54, 1.807) is 12.1 Å². The van der Waals surface area contributed by atoms with Crippen LogP contribution in [0.5, 0.6) is 5.75 Å². The summed E-state index contributed by atoms with van der Waals surface area (Å²) < 4.78 is 16.5. The predicted octanol–water partition coefficient (Wildman–Crippen LogP) is 7.68. The number of unbranched alkanes of at least 4 members (excludes halogenated alkanes) is 3. The third-order valence-corrected chi connectivity index (χ3v) is 8.07. The van der Waals surface area contributed by atoms with Crippen molar-refractivity contribution in [3.05, 3.63) is 42.5 Å². The minimum atomic E-state index is -0.401. The molecule has 0 amide bonds. The highest BCUT2D eigenvalue weighted by molar-refractivity contribution is 5.89. The molecular formula is C31H46O5. The highest BCUT2D eigenvalue weighted by Gasteiger charge is 2.32. The van der Waals surface area contributed by atoms with Crippen LogP contribution in [0.4, 0.5) is 0 Å². The van der Waals surface area contributed by atoms with Gasteiger partial charge in [-0.2, -0.15) is 0 Å². The molecule has 0 bridgehead atoms. The van der Waals surface area contributed by atoms with E-state index in [-0.39, 0.29) is 12.1 Å². The normalized spacial score (nSPS) is 24.0. The fourth-order valence-corrected chi connectivity index (χ4v) is 5.84. The lowest BCUT2D eigenvalue weighted by atomic mass is 9.70. The van der Waals surface area contributed by atoms with Gasteiger partial charge in [-0.05, 0) is 93.4 Å². The summed E-state index contributed by atoms with van der Waals surface area (Å²) in [7, 11) is 0. The molecule has 2 fully saturated rings. The van der Waals surface area contributed by atoms with Gasteiger partial charge in [0.15, 0.2) is 0 Å². The summed E-state index contributed by atoms with van der Waals surface area (Å²) in [6.07, 6.45) is 18.3. The van der Waals surface area contributed by atoms with E-state index in [1.807, 2.05) is 12.1 Å². The predicted molar refractivity (Wildman–Crippen MR) is 143 cm³/mol. The highest BCUT2D eigenvalue weighted by Crippen LogP contribution is 2.41. The largest absolute Gasteiger partial charge is 0.494 e. The van der Waals surface area contributed by atoms with E-state index in [0.717, 1.165) is 55.3 Å². The van der Waals surface area contributed by atoms with E-state index in [0.29, 0.717) is 18.8 Å². The number of carbonyl (C=O) groups is 2. The van der Waals surface area contributed by atoms with Crippen LogP contribution < -0.4 is 4.74 Å². The van der Waals surface area contributed by atoms with Crippen LogP contribution in [-0.2, 0) is 14.3 Å². The summed E-state index contributed by atoms with van der Waals surface area (Å²) in [5.74, 6) is 2.76. The van der Waals surface area contributed by atoms with Crippen LogP contribution in [0.2, 0.25) is 0 Å². The molecule has 2 aliphatic carbocycles. The minimum absolute atomic E-state index is 0.0465. The fourth-order valence-electron chi connectivity index (χ4n) is 5.84. The van der Waals surface area contributed by atoms with Crippen LogP contribution in [0.15, 0.2) is 36.9 Å². The van der Waals surface area contributed by atoms with E-state index in [2.05, 4.69) is 13.5 Å². The molecule has 0 heterocycles. The number of hydrogen-bond acceptors (Lipinski definition) is 5. The van der Waals surface area contributed by atoms with E-state index >= 15 is 0 Å². The lowest BCUT2D eigenvalue weighted by Crippen LogP contribution is -2.29. The third kappa shape index (κ3) is 9.63. The van der Waals surface area contributed by atoms with Gasteiger partial charge in [0.1, 0.15) is 11.9 Å². The Kier molecular flexibility index (Phi) is 12.4. The minimum Gasteiger partial charge on any atom is -0.494 e. The monoisotopic (exact) mass is 498 g/mol. The number of benzene rings is 1. The van der Waals surface area contributed by atoms with Crippen molar-refractivity contribution in [1.29, 1.82) is 0 Å². The molecule has 0 unspecified atom stereocenters. The zero-order chi connectivity index (χ0) is 25.6. The number of esters is 2. The summed E-state index contributed by atoms with van der Waals surface area (Å²) in [6.45, 7) is 6.54. The highest BCUT2D eigenvalue weighted by atomic mass is 16.5. The topological polar surface area (TPSA) is 61.8 Å². The Morgan fingerprint density at radius 1 is 0.861 bits per heavy atom. The summed E-state index contributed by atoms with van der Waals surface area (Å²) in [5, 5.41) is 0. The van der Waals surface area contributed by atoms with Crippen molar-refractivity contribution in [1.82, 2.24) is 0 Å².